The van der Waals surface area contributed by atoms with Crippen LogP contribution in [0.3, 0.4) is 0 Å². The molecule has 0 radical (unpaired) electrons. The molecule has 1 aliphatic carbocycles. The van der Waals surface area contributed by atoms with Gasteiger partial charge in [-0.1, -0.05) is 75.6 Å². The third-order valence-corrected chi connectivity index (χ3v) is 12.4. The van der Waals surface area contributed by atoms with Crippen molar-refractivity contribution < 1.29 is 23.2 Å². The van der Waals surface area contributed by atoms with E-state index >= 15 is 0 Å². The summed E-state index contributed by atoms with van der Waals surface area (Å²) in [5.41, 5.74) is 7.25. The largest absolute Gasteiger partial charge is 0.469 e. The maximum Gasteiger partial charge on any atom is 0.249 e. The molecule has 10 heteroatoms. The summed E-state index contributed by atoms with van der Waals surface area (Å²) >= 11 is 0. The van der Waals surface area contributed by atoms with E-state index < -0.39 is 23.6 Å². The molecule has 11 rings (SSSR count). The van der Waals surface area contributed by atoms with Crippen LogP contribution >= 0.6 is 0 Å². The summed E-state index contributed by atoms with van der Waals surface area (Å²) in [5.74, 6) is 1.95. The SMILES string of the molecule is CC(C)[C@@H]1NC(=O)C(CC(=O)C2CCCCC2)Cc2ccc3c(c2)[C@]24c5cccc(c5NC2O3)-c2cccc3[nH]cc(c23)-c2cnc(o2)-c2nc1oc24. The van der Waals surface area contributed by atoms with Gasteiger partial charge >= 0.3 is 0 Å². The van der Waals surface area contributed by atoms with Crippen molar-refractivity contribution >= 4 is 28.3 Å². The molecule has 7 heterocycles. The number of ketones is 1. The zero-order valence-corrected chi connectivity index (χ0v) is 29.6. The lowest BCUT2D eigenvalue weighted by Crippen LogP contribution is -2.40. The first kappa shape index (κ1) is 30.9. The number of hydrogen-bond acceptors (Lipinski definition) is 8. The van der Waals surface area contributed by atoms with Crippen LogP contribution in [0.1, 0.15) is 86.8 Å². The Morgan fingerprint density at radius 3 is 2.68 bits per heavy atom. The van der Waals surface area contributed by atoms with Crippen molar-refractivity contribution in [1.29, 1.82) is 0 Å². The molecule has 5 aliphatic rings. The number of nitrogens with one attached hydrogen (secondary N) is 3. The van der Waals surface area contributed by atoms with E-state index in [0.29, 0.717) is 35.4 Å². The lowest BCUT2D eigenvalue weighted by atomic mass is 9.72. The highest BCUT2D eigenvalue weighted by Gasteiger charge is 2.61. The minimum absolute atomic E-state index is 0.0180. The molecule has 1 fully saturated rings. The molecule has 1 spiro atoms. The fourth-order valence-electron chi connectivity index (χ4n) is 9.81. The molecule has 53 heavy (non-hydrogen) atoms. The van der Waals surface area contributed by atoms with E-state index in [1.54, 1.807) is 6.20 Å². The molecule has 3 aromatic heterocycles. The number of fused-ring (bicyclic) bond motifs is 7. The Balaban J connectivity index is 1.18. The number of para-hydroxylation sites is 1. The molecule has 3 N–H and O–H groups in total. The number of H-pyrrole nitrogens is 1. The molecule has 3 aromatic carbocycles. The number of aromatic nitrogens is 3. The number of aromatic amines is 1. The molecular formula is C43H39N5O5. The number of anilines is 1. The highest BCUT2D eigenvalue weighted by atomic mass is 16.5. The molecular weight excluding hydrogens is 667 g/mol. The van der Waals surface area contributed by atoms with Crippen LogP contribution in [0, 0.1) is 17.8 Å². The van der Waals surface area contributed by atoms with Crippen LogP contribution in [0.25, 0.3) is 44.9 Å². The fraction of sp³-hybridized carbons (Fsp3) is 0.349. The molecule has 266 valence electrons. The van der Waals surface area contributed by atoms with E-state index in [9.17, 15) is 9.59 Å². The van der Waals surface area contributed by atoms with Crippen molar-refractivity contribution in [3.05, 3.63) is 95.3 Å². The fourth-order valence-corrected chi connectivity index (χ4v) is 9.81. The minimum atomic E-state index is -0.988. The smallest absolute Gasteiger partial charge is 0.249 e. The number of benzene rings is 3. The first-order valence-corrected chi connectivity index (χ1v) is 19.0. The van der Waals surface area contributed by atoms with E-state index in [2.05, 4.69) is 58.1 Å². The molecule has 10 nitrogen and oxygen atoms in total. The third-order valence-electron chi connectivity index (χ3n) is 12.4. The molecule has 4 aliphatic heterocycles. The molecule has 4 atom stereocenters. The Labute approximate surface area is 305 Å². The Morgan fingerprint density at radius 1 is 0.962 bits per heavy atom. The number of Topliss-reactive ketones (excluding diaryl/α,β-unsaturated/α-hetero) is 1. The summed E-state index contributed by atoms with van der Waals surface area (Å²) in [6, 6.07) is 18.3. The van der Waals surface area contributed by atoms with Crippen LogP contribution in [-0.4, -0.2) is 32.9 Å². The van der Waals surface area contributed by atoms with Crippen molar-refractivity contribution in [2.45, 2.75) is 76.5 Å². The van der Waals surface area contributed by atoms with E-state index in [1.807, 2.05) is 32.2 Å². The van der Waals surface area contributed by atoms with Gasteiger partial charge in [-0.3, -0.25) is 9.59 Å². The number of nitrogens with zero attached hydrogens (tertiary/aromatic N) is 2. The molecule has 2 unspecified atom stereocenters. The van der Waals surface area contributed by atoms with Gasteiger partial charge in [0, 0.05) is 63.3 Å². The number of ether oxygens (including phenoxy) is 1. The number of amides is 1. The van der Waals surface area contributed by atoms with Crippen LogP contribution in [-0.2, 0) is 21.4 Å². The monoisotopic (exact) mass is 705 g/mol. The highest BCUT2D eigenvalue weighted by molar-refractivity contribution is 6.07. The van der Waals surface area contributed by atoms with Crippen molar-refractivity contribution in [3.8, 4) is 39.8 Å². The van der Waals surface area contributed by atoms with E-state index in [0.717, 1.165) is 81.4 Å². The normalized spacial score (nSPS) is 23.8. The number of hydrogen-bond donors (Lipinski definition) is 3. The zero-order valence-electron chi connectivity index (χ0n) is 29.6. The second-order valence-corrected chi connectivity index (χ2v) is 15.8. The molecule has 1 saturated carbocycles. The van der Waals surface area contributed by atoms with Crippen LogP contribution in [0.4, 0.5) is 5.69 Å². The Hall–Kier alpha value is -5.64. The molecule has 10 bridgehead atoms. The van der Waals surface area contributed by atoms with Crippen molar-refractivity contribution in [3.63, 3.8) is 0 Å². The molecule has 6 aromatic rings. The second kappa shape index (κ2) is 11.2. The van der Waals surface area contributed by atoms with E-state index in [-0.39, 0.29) is 29.9 Å². The van der Waals surface area contributed by atoms with Crippen LogP contribution in [0.5, 0.6) is 5.75 Å². The Bertz CT molecular complexity index is 2500. The molecule has 1 amide bonds. The van der Waals surface area contributed by atoms with Gasteiger partial charge < -0.3 is 29.2 Å². The summed E-state index contributed by atoms with van der Waals surface area (Å²) in [6.07, 6.45) is 8.85. The van der Waals surface area contributed by atoms with Gasteiger partial charge in [0.2, 0.25) is 17.7 Å². The standard InChI is InChI=1S/C43H39N5O5/c1-21(2)35-41-47-37-38(53-41)43-28-12-6-11-26(25-10-7-13-30-34(25)27(19-44-30)33-20-45-40(37)51-33)36(28)48-42(43)52-32-15-14-22(17-29(32)43)16-24(39(50)46-35)18-31(49)23-8-4-3-5-9-23/h6-7,10-15,17,19-21,23-24,35,42,44,48H,3-5,8-9,16,18H2,1-2H3,(H,46,50)/t24?,35-,42?,43-/m0/s1. The second-order valence-electron chi connectivity index (χ2n) is 15.8. The van der Waals surface area contributed by atoms with Crippen molar-refractivity contribution in [2.24, 2.45) is 17.8 Å². The van der Waals surface area contributed by atoms with Gasteiger partial charge in [-0.05, 0) is 48.4 Å². The maximum absolute atomic E-state index is 14.4. The van der Waals surface area contributed by atoms with E-state index in [4.69, 9.17) is 23.5 Å². The van der Waals surface area contributed by atoms with Crippen LogP contribution in [0.2, 0.25) is 0 Å². The number of oxazole rings is 2. The zero-order chi connectivity index (χ0) is 35.6. The quantitative estimate of drug-likeness (QED) is 0.166. The summed E-state index contributed by atoms with van der Waals surface area (Å²) < 4.78 is 20.6. The highest BCUT2D eigenvalue weighted by Crippen LogP contribution is 2.61. The van der Waals surface area contributed by atoms with Gasteiger partial charge in [0.15, 0.2) is 23.4 Å². The third kappa shape index (κ3) is 4.32. The van der Waals surface area contributed by atoms with Gasteiger partial charge in [-0.15, -0.1) is 0 Å². The summed E-state index contributed by atoms with van der Waals surface area (Å²) in [5, 5.41) is 8.15. The van der Waals surface area contributed by atoms with Gasteiger partial charge in [-0.25, -0.2) is 9.97 Å². The predicted molar refractivity (Wildman–Crippen MR) is 198 cm³/mol. The number of rotatable bonds is 4. The summed E-state index contributed by atoms with van der Waals surface area (Å²) in [6.45, 7) is 4.09. The number of carbonyl (C=O) groups is 2. The first-order valence-electron chi connectivity index (χ1n) is 19.0. The Kier molecular flexibility index (Phi) is 6.53. The maximum atomic E-state index is 14.4. The Morgan fingerprint density at radius 2 is 1.81 bits per heavy atom. The lowest BCUT2D eigenvalue weighted by molar-refractivity contribution is -0.132. The predicted octanol–water partition coefficient (Wildman–Crippen LogP) is 8.46. The summed E-state index contributed by atoms with van der Waals surface area (Å²) in [4.78, 5) is 41.6. The average molecular weight is 706 g/mol. The summed E-state index contributed by atoms with van der Waals surface area (Å²) in [7, 11) is 0. The van der Waals surface area contributed by atoms with Crippen molar-refractivity contribution in [1.82, 2.24) is 20.3 Å². The first-order chi connectivity index (χ1) is 25.9. The average Bonchev–Trinajstić information content (AvgIpc) is 4.00. The minimum Gasteiger partial charge on any atom is -0.469 e. The topological polar surface area (TPSA) is 135 Å². The molecule has 0 saturated heterocycles. The van der Waals surface area contributed by atoms with Gasteiger partial charge in [0.25, 0.3) is 0 Å². The van der Waals surface area contributed by atoms with Gasteiger partial charge in [0.05, 0.1) is 6.20 Å². The van der Waals surface area contributed by atoms with Gasteiger partial charge in [-0.2, -0.15) is 0 Å². The van der Waals surface area contributed by atoms with E-state index in [1.165, 1.54) is 6.42 Å². The van der Waals surface area contributed by atoms with Crippen LogP contribution in [0.15, 0.2) is 75.8 Å². The van der Waals surface area contributed by atoms with Crippen LogP contribution < -0.4 is 15.4 Å². The lowest BCUT2D eigenvalue weighted by Gasteiger charge is -2.29. The van der Waals surface area contributed by atoms with Gasteiger partial charge in [0.1, 0.15) is 23.0 Å². The van der Waals surface area contributed by atoms with Crippen molar-refractivity contribution in [2.75, 3.05) is 5.32 Å². The number of carbonyl (C=O) groups excluding carboxylic acids is 2.